The number of carbonyl (C=O) groups is 3. The van der Waals surface area contributed by atoms with E-state index in [4.69, 9.17) is 4.74 Å². The molecule has 4 aromatic carbocycles. The van der Waals surface area contributed by atoms with E-state index in [0.717, 1.165) is 10.8 Å². The molecule has 0 aliphatic carbocycles. The van der Waals surface area contributed by atoms with Crippen LogP contribution in [0.1, 0.15) is 15.9 Å². The third-order valence-corrected chi connectivity index (χ3v) is 5.75. The Balaban J connectivity index is 1.46. The molecule has 7 nitrogen and oxygen atoms in total. The van der Waals surface area contributed by atoms with E-state index in [1.807, 2.05) is 30.3 Å². The number of fused-ring (bicyclic) bond motifs is 1. The molecule has 3 amide bonds. The van der Waals surface area contributed by atoms with Crippen molar-refractivity contribution >= 4 is 34.2 Å². The maximum Gasteiger partial charge on any atom is 0.255 e. The molecule has 0 aliphatic rings. The van der Waals surface area contributed by atoms with Gasteiger partial charge in [-0.3, -0.25) is 14.4 Å². The van der Waals surface area contributed by atoms with Gasteiger partial charge in [-0.05, 0) is 58.8 Å². The Morgan fingerprint density at radius 1 is 0.838 bits per heavy atom. The molecule has 0 saturated carbocycles. The third kappa shape index (κ3) is 6.70. The van der Waals surface area contributed by atoms with Gasteiger partial charge in [-0.25, -0.2) is 4.39 Å². The molecule has 0 spiro atoms. The van der Waals surface area contributed by atoms with E-state index in [1.165, 1.54) is 17.0 Å². The van der Waals surface area contributed by atoms with E-state index < -0.39 is 17.6 Å². The minimum atomic E-state index is -0.499. The second kappa shape index (κ2) is 11.8. The van der Waals surface area contributed by atoms with Crippen molar-refractivity contribution in [3.63, 3.8) is 0 Å². The number of ether oxygens (including phenoxy) is 1. The van der Waals surface area contributed by atoms with E-state index in [-0.39, 0.29) is 25.5 Å². The third-order valence-electron chi connectivity index (χ3n) is 5.75. The van der Waals surface area contributed by atoms with Gasteiger partial charge < -0.3 is 20.3 Å². The fourth-order valence-electron chi connectivity index (χ4n) is 3.88. The molecule has 0 saturated heterocycles. The summed E-state index contributed by atoms with van der Waals surface area (Å²) in [5.74, 6) is -0.997. The lowest BCUT2D eigenvalue weighted by molar-refractivity contribution is -0.124. The number of halogens is 1. The Kier molecular flexibility index (Phi) is 8.10. The Hall–Kier alpha value is -4.72. The molecule has 0 atom stereocenters. The molecule has 0 heterocycles. The molecular formula is C29H26FN3O4. The van der Waals surface area contributed by atoms with Gasteiger partial charge in [-0.15, -0.1) is 0 Å². The molecule has 0 aromatic heterocycles. The van der Waals surface area contributed by atoms with Gasteiger partial charge in [0, 0.05) is 17.8 Å². The van der Waals surface area contributed by atoms with Crippen molar-refractivity contribution in [1.29, 1.82) is 0 Å². The Labute approximate surface area is 213 Å². The molecular weight excluding hydrogens is 473 g/mol. The molecule has 2 N–H and O–H groups in total. The van der Waals surface area contributed by atoms with Gasteiger partial charge in [-0.1, -0.05) is 48.5 Å². The van der Waals surface area contributed by atoms with Crippen molar-refractivity contribution in [1.82, 2.24) is 10.2 Å². The van der Waals surface area contributed by atoms with Gasteiger partial charge in [0.1, 0.15) is 18.1 Å². The summed E-state index contributed by atoms with van der Waals surface area (Å²) in [5.41, 5.74) is 1.68. The number of methoxy groups -OCH3 is 1. The zero-order valence-electron chi connectivity index (χ0n) is 20.2. The van der Waals surface area contributed by atoms with Crippen LogP contribution in [0.25, 0.3) is 10.8 Å². The SMILES string of the molecule is COc1ccc(NC(=O)CNC(=O)CN(Cc2ccc(F)cc2)C(=O)c2cccc3ccccc23)cc1. The number of amides is 3. The molecule has 37 heavy (non-hydrogen) atoms. The number of anilines is 1. The summed E-state index contributed by atoms with van der Waals surface area (Å²) in [6, 6.07) is 25.4. The predicted octanol–water partition coefficient (Wildman–Crippen LogP) is 4.38. The number of nitrogens with zero attached hydrogens (tertiary/aromatic N) is 1. The van der Waals surface area contributed by atoms with Crippen LogP contribution < -0.4 is 15.4 Å². The zero-order chi connectivity index (χ0) is 26.2. The Morgan fingerprint density at radius 3 is 2.27 bits per heavy atom. The molecule has 0 unspecified atom stereocenters. The normalized spacial score (nSPS) is 10.5. The van der Waals surface area contributed by atoms with Crippen LogP contribution in [0.4, 0.5) is 10.1 Å². The van der Waals surface area contributed by atoms with E-state index >= 15 is 0 Å². The molecule has 0 radical (unpaired) electrons. The number of hydrogen-bond donors (Lipinski definition) is 2. The van der Waals surface area contributed by atoms with Gasteiger partial charge >= 0.3 is 0 Å². The van der Waals surface area contributed by atoms with Crippen LogP contribution in [0.15, 0.2) is 91.0 Å². The smallest absolute Gasteiger partial charge is 0.255 e. The molecule has 0 aliphatic heterocycles. The maximum absolute atomic E-state index is 13.6. The van der Waals surface area contributed by atoms with E-state index in [9.17, 15) is 18.8 Å². The zero-order valence-corrected chi connectivity index (χ0v) is 20.2. The summed E-state index contributed by atoms with van der Waals surface area (Å²) in [6.07, 6.45) is 0. The number of hydrogen-bond acceptors (Lipinski definition) is 4. The highest BCUT2D eigenvalue weighted by Crippen LogP contribution is 2.21. The highest BCUT2D eigenvalue weighted by atomic mass is 19.1. The minimum absolute atomic E-state index is 0.0911. The van der Waals surface area contributed by atoms with E-state index in [1.54, 1.807) is 55.6 Å². The van der Waals surface area contributed by atoms with Crippen molar-refractivity contribution in [3.8, 4) is 5.75 Å². The Bertz CT molecular complexity index is 1400. The van der Waals surface area contributed by atoms with Crippen molar-refractivity contribution in [2.75, 3.05) is 25.5 Å². The van der Waals surface area contributed by atoms with E-state index in [0.29, 0.717) is 22.6 Å². The first-order chi connectivity index (χ1) is 17.9. The van der Waals surface area contributed by atoms with Gasteiger partial charge in [-0.2, -0.15) is 0 Å². The average Bonchev–Trinajstić information content (AvgIpc) is 2.92. The van der Waals surface area contributed by atoms with Crippen LogP contribution in [-0.4, -0.2) is 42.8 Å². The van der Waals surface area contributed by atoms with Gasteiger partial charge in [0.15, 0.2) is 0 Å². The Morgan fingerprint density at radius 2 is 1.54 bits per heavy atom. The quantitative estimate of drug-likeness (QED) is 0.358. The van der Waals surface area contributed by atoms with Gasteiger partial charge in [0.25, 0.3) is 5.91 Å². The van der Waals surface area contributed by atoms with Crippen LogP contribution in [0.2, 0.25) is 0 Å². The van der Waals surface area contributed by atoms with Crippen LogP contribution in [0.3, 0.4) is 0 Å². The van der Waals surface area contributed by atoms with Crippen molar-refractivity contribution in [2.45, 2.75) is 6.54 Å². The number of rotatable bonds is 9. The van der Waals surface area contributed by atoms with Crippen molar-refractivity contribution in [2.24, 2.45) is 0 Å². The van der Waals surface area contributed by atoms with Crippen LogP contribution in [0, 0.1) is 5.82 Å². The summed E-state index contributed by atoms with van der Waals surface area (Å²) < 4.78 is 18.5. The number of benzene rings is 4. The summed E-state index contributed by atoms with van der Waals surface area (Å²) in [7, 11) is 1.55. The van der Waals surface area contributed by atoms with Gasteiger partial charge in [0.05, 0.1) is 13.7 Å². The topological polar surface area (TPSA) is 87.7 Å². The van der Waals surface area contributed by atoms with E-state index in [2.05, 4.69) is 10.6 Å². The summed E-state index contributed by atoms with van der Waals surface area (Å²) >= 11 is 0. The molecule has 188 valence electrons. The molecule has 4 aromatic rings. The first-order valence-electron chi connectivity index (χ1n) is 11.6. The first kappa shape index (κ1) is 25.4. The number of nitrogens with one attached hydrogen (secondary N) is 2. The van der Waals surface area contributed by atoms with Crippen molar-refractivity contribution < 1.29 is 23.5 Å². The molecule has 4 rings (SSSR count). The molecule has 8 heteroatoms. The lowest BCUT2D eigenvalue weighted by atomic mass is 10.0. The van der Waals surface area contributed by atoms with Crippen LogP contribution in [-0.2, 0) is 16.1 Å². The highest BCUT2D eigenvalue weighted by Gasteiger charge is 2.21. The van der Waals surface area contributed by atoms with Crippen LogP contribution >= 0.6 is 0 Å². The highest BCUT2D eigenvalue weighted by molar-refractivity contribution is 6.08. The fraction of sp³-hybridized carbons (Fsp3) is 0.138. The molecule has 0 bridgehead atoms. The summed E-state index contributed by atoms with van der Waals surface area (Å²) in [5, 5.41) is 6.92. The summed E-state index contributed by atoms with van der Waals surface area (Å²) in [4.78, 5) is 40.0. The van der Waals surface area contributed by atoms with Crippen LogP contribution in [0.5, 0.6) is 5.75 Å². The maximum atomic E-state index is 13.6. The summed E-state index contributed by atoms with van der Waals surface area (Å²) in [6.45, 7) is -0.458. The average molecular weight is 500 g/mol. The lowest BCUT2D eigenvalue weighted by Crippen LogP contribution is -2.42. The number of carbonyl (C=O) groups excluding carboxylic acids is 3. The second-order valence-electron chi connectivity index (χ2n) is 8.37. The first-order valence-corrected chi connectivity index (χ1v) is 11.6. The van der Waals surface area contributed by atoms with Crippen molar-refractivity contribution in [3.05, 3.63) is 108 Å². The molecule has 0 fully saturated rings. The second-order valence-corrected chi connectivity index (χ2v) is 8.37. The largest absolute Gasteiger partial charge is 0.497 e. The fourth-order valence-corrected chi connectivity index (χ4v) is 3.88. The monoisotopic (exact) mass is 499 g/mol. The minimum Gasteiger partial charge on any atom is -0.497 e. The standard InChI is InChI=1S/C29H26FN3O4/c1-37-24-15-13-23(14-16-24)32-27(34)17-31-28(35)19-33(18-20-9-11-22(30)12-10-20)29(36)26-8-4-6-21-5-2-3-7-25(21)26/h2-16H,17-19H2,1H3,(H,31,35)(H,32,34). The predicted molar refractivity (Wildman–Crippen MR) is 140 cm³/mol. The lowest BCUT2D eigenvalue weighted by Gasteiger charge is -2.23. The van der Waals surface area contributed by atoms with Gasteiger partial charge in [0.2, 0.25) is 11.8 Å².